The molecular weight excluding hydrogens is 265 g/mol. The molecule has 2 nitrogen and oxygen atoms in total. The van der Waals surface area contributed by atoms with E-state index < -0.39 is 21.8 Å². The Morgan fingerprint density at radius 2 is 1.72 bits per heavy atom. The number of alkyl halides is 3. The molecule has 0 amide bonds. The molecule has 0 fully saturated rings. The molecule has 1 aromatic rings. The summed E-state index contributed by atoms with van der Waals surface area (Å²) in [5, 5.41) is 0. The molecule has 6 heteroatoms. The van der Waals surface area contributed by atoms with Gasteiger partial charge in [-0.3, -0.25) is 0 Å². The smallest absolute Gasteiger partial charge is 0.223 e. The highest BCUT2D eigenvalue weighted by atomic mass is 32.2. The highest BCUT2D eigenvalue weighted by Gasteiger charge is 2.37. The van der Waals surface area contributed by atoms with E-state index in [0.29, 0.717) is 12.0 Å². The third kappa shape index (κ3) is 2.85. The van der Waals surface area contributed by atoms with E-state index in [2.05, 4.69) is 0 Å². The topological polar surface area (TPSA) is 34.1 Å². The zero-order valence-electron chi connectivity index (χ0n) is 10.1. The highest BCUT2D eigenvalue weighted by Crippen LogP contribution is 2.30. The molecule has 2 unspecified atom stereocenters. The molecule has 1 rings (SSSR count). The summed E-state index contributed by atoms with van der Waals surface area (Å²) in [6, 6.07) is 5.71. The maximum absolute atomic E-state index is 13.2. The Hall–Kier alpha value is -1.04. The fourth-order valence-electron chi connectivity index (χ4n) is 1.62. The van der Waals surface area contributed by atoms with Crippen LogP contribution in [0, 0.1) is 0 Å². The van der Waals surface area contributed by atoms with Crippen LogP contribution in [0.1, 0.15) is 31.7 Å². The number of halogens is 3. The molecule has 18 heavy (non-hydrogen) atoms. The molecule has 0 aliphatic heterocycles. The van der Waals surface area contributed by atoms with Gasteiger partial charge in [0.1, 0.15) is 0 Å². The van der Waals surface area contributed by atoms with Gasteiger partial charge >= 0.3 is 0 Å². The van der Waals surface area contributed by atoms with Gasteiger partial charge in [0.25, 0.3) is 11.9 Å². The molecule has 0 aromatic heterocycles. The lowest BCUT2D eigenvalue weighted by Gasteiger charge is -2.16. The fourth-order valence-corrected chi connectivity index (χ4v) is 3.00. The van der Waals surface area contributed by atoms with Crippen LogP contribution >= 0.6 is 0 Å². The van der Waals surface area contributed by atoms with Gasteiger partial charge in [-0.1, -0.05) is 32.0 Å². The van der Waals surface area contributed by atoms with E-state index in [4.69, 9.17) is 0 Å². The van der Waals surface area contributed by atoms with E-state index in [1.54, 1.807) is 13.0 Å². The Labute approximate surface area is 105 Å². The number of hydrogen-bond donors (Lipinski definition) is 0. The van der Waals surface area contributed by atoms with Crippen molar-refractivity contribution in [2.45, 2.75) is 43.0 Å². The average Bonchev–Trinajstić information content (AvgIpc) is 2.36. The first-order valence-corrected chi connectivity index (χ1v) is 7.12. The molecule has 0 saturated carbocycles. The van der Waals surface area contributed by atoms with Gasteiger partial charge in [0.15, 0.2) is 0 Å². The molecule has 0 saturated heterocycles. The Morgan fingerprint density at radius 1 is 1.17 bits per heavy atom. The predicted molar refractivity (Wildman–Crippen MR) is 63.2 cm³/mol. The summed E-state index contributed by atoms with van der Waals surface area (Å²) in [6.07, 6.45) is -2.90. The van der Waals surface area contributed by atoms with Gasteiger partial charge in [0.05, 0.1) is 4.90 Å². The van der Waals surface area contributed by atoms with Crippen LogP contribution in [0.25, 0.3) is 0 Å². The summed E-state index contributed by atoms with van der Waals surface area (Å²) in [5.41, 5.74) is -2.80. The molecule has 0 aliphatic carbocycles. The molecule has 2 atom stereocenters. The maximum atomic E-state index is 13.2. The normalized spacial score (nSPS) is 15.7. The molecule has 102 valence electrons. The number of benzene rings is 1. The Morgan fingerprint density at radius 3 is 2.22 bits per heavy atom. The van der Waals surface area contributed by atoms with Crippen LogP contribution in [0.3, 0.4) is 0 Å². The maximum Gasteiger partial charge on any atom is 0.284 e. The van der Waals surface area contributed by atoms with Crippen LogP contribution in [0.5, 0.6) is 0 Å². The average molecular weight is 280 g/mol. The Balaban J connectivity index is 3.33. The van der Waals surface area contributed by atoms with E-state index in [1.165, 1.54) is 18.2 Å². The van der Waals surface area contributed by atoms with Crippen molar-refractivity contribution in [3.05, 3.63) is 29.8 Å². The van der Waals surface area contributed by atoms with Crippen molar-refractivity contribution in [3.63, 3.8) is 0 Å². The summed E-state index contributed by atoms with van der Waals surface area (Å²) >= 11 is 0. The first-order chi connectivity index (χ1) is 8.32. The number of sulfone groups is 1. The van der Waals surface area contributed by atoms with Gasteiger partial charge in [-0.2, -0.15) is 0 Å². The van der Waals surface area contributed by atoms with Crippen molar-refractivity contribution < 1.29 is 21.6 Å². The molecule has 0 heterocycles. The largest absolute Gasteiger partial charge is 0.284 e. The van der Waals surface area contributed by atoms with E-state index >= 15 is 0 Å². The monoisotopic (exact) mass is 280 g/mol. The first-order valence-electron chi connectivity index (χ1n) is 5.57. The highest BCUT2D eigenvalue weighted by molar-refractivity contribution is 7.92. The van der Waals surface area contributed by atoms with Crippen molar-refractivity contribution in [2.75, 3.05) is 0 Å². The third-order valence-electron chi connectivity index (χ3n) is 2.86. The van der Waals surface area contributed by atoms with Crippen LogP contribution in [0.4, 0.5) is 13.2 Å². The molecule has 1 aromatic carbocycles. The number of rotatable bonds is 5. The minimum Gasteiger partial charge on any atom is -0.223 e. The quantitative estimate of drug-likeness (QED) is 0.826. The summed E-state index contributed by atoms with van der Waals surface area (Å²) in [4.78, 5) is -0.341. The number of hydrogen-bond acceptors (Lipinski definition) is 2. The van der Waals surface area contributed by atoms with Gasteiger partial charge in [-0.25, -0.2) is 21.6 Å². The summed E-state index contributed by atoms with van der Waals surface area (Å²) in [5.74, 6) is -0.138. The second-order valence-electron chi connectivity index (χ2n) is 4.08. The molecule has 0 N–H and O–H groups in total. The Bertz CT molecular complexity index is 500. The summed E-state index contributed by atoms with van der Waals surface area (Å²) in [6.45, 7) is 3.61. The minimum absolute atomic E-state index is 0.138. The lowest BCUT2D eigenvalue weighted by molar-refractivity contribution is 0.0902. The van der Waals surface area contributed by atoms with Crippen LogP contribution in [-0.4, -0.2) is 20.3 Å². The molecule has 0 aliphatic rings. The first kappa shape index (κ1) is 15.0. The minimum atomic E-state index is -4.64. The van der Waals surface area contributed by atoms with E-state index in [9.17, 15) is 21.6 Å². The Kier molecular flexibility index (Phi) is 4.78. The molecule has 0 bridgehead atoms. The van der Waals surface area contributed by atoms with Crippen molar-refractivity contribution in [1.29, 1.82) is 0 Å². The van der Waals surface area contributed by atoms with Crippen LogP contribution in [-0.2, 0) is 9.84 Å². The zero-order chi connectivity index (χ0) is 13.9. The van der Waals surface area contributed by atoms with Crippen LogP contribution in [0.2, 0.25) is 0 Å². The van der Waals surface area contributed by atoms with E-state index in [-0.39, 0.29) is 10.8 Å². The molecule has 0 radical (unpaired) electrons. The standard InChI is InChI=1S/C12H15F3O2S/c1-3-8(2)9-6-4-5-7-10(9)18(16,17)12(15)11(13)14/h4-8,11-12H,3H2,1-2H3. The third-order valence-corrected chi connectivity index (χ3v) is 4.65. The predicted octanol–water partition coefficient (Wildman–Crippen LogP) is 3.53. The second-order valence-corrected chi connectivity index (χ2v) is 6.06. The lowest BCUT2D eigenvalue weighted by atomic mass is 9.99. The van der Waals surface area contributed by atoms with Crippen molar-refractivity contribution in [1.82, 2.24) is 0 Å². The van der Waals surface area contributed by atoms with Gasteiger partial charge in [0, 0.05) is 0 Å². The van der Waals surface area contributed by atoms with Gasteiger partial charge < -0.3 is 0 Å². The van der Waals surface area contributed by atoms with Gasteiger partial charge in [0.2, 0.25) is 9.84 Å². The summed E-state index contributed by atoms with van der Waals surface area (Å²) in [7, 11) is -4.64. The molecular formula is C12H15F3O2S. The van der Waals surface area contributed by atoms with Crippen molar-refractivity contribution in [3.8, 4) is 0 Å². The van der Waals surface area contributed by atoms with E-state index in [1.807, 2.05) is 6.92 Å². The zero-order valence-corrected chi connectivity index (χ0v) is 10.9. The van der Waals surface area contributed by atoms with Crippen molar-refractivity contribution >= 4 is 9.84 Å². The summed E-state index contributed by atoms with van der Waals surface area (Å²) < 4.78 is 61.3. The molecule has 0 spiro atoms. The SMILES string of the molecule is CCC(C)c1ccccc1S(=O)(=O)C(F)C(F)F. The van der Waals surface area contributed by atoms with Crippen LogP contribution in [0.15, 0.2) is 29.2 Å². The lowest BCUT2D eigenvalue weighted by Crippen LogP contribution is -2.25. The van der Waals surface area contributed by atoms with Crippen molar-refractivity contribution in [2.24, 2.45) is 0 Å². The van der Waals surface area contributed by atoms with Gasteiger partial charge in [-0.15, -0.1) is 0 Å². The fraction of sp³-hybridized carbons (Fsp3) is 0.500. The van der Waals surface area contributed by atoms with Crippen LogP contribution < -0.4 is 0 Å². The second kappa shape index (κ2) is 5.73. The van der Waals surface area contributed by atoms with Gasteiger partial charge in [-0.05, 0) is 24.0 Å². The van der Waals surface area contributed by atoms with E-state index in [0.717, 1.165) is 0 Å².